The lowest BCUT2D eigenvalue weighted by Crippen LogP contribution is -2.56. The van der Waals surface area contributed by atoms with Gasteiger partial charge >= 0.3 is 17.9 Å². The summed E-state index contributed by atoms with van der Waals surface area (Å²) in [6.45, 7) is 0. The number of nitrogens with one attached hydrogen (secondary N) is 1. The van der Waals surface area contributed by atoms with E-state index in [1.165, 1.54) is 44.4 Å². The summed E-state index contributed by atoms with van der Waals surface area (Å²) >= 11 is 2.99. The van der Waals surface area contributed by atoms with E-state index in [2.05, 4.69) is 5.32 Å². The average molecular weight is 587 g/mol. The van der Waals surface area contributed by atoms with Crippen LogP contribution in [-0.4, -0.2) is 68.6 Å². The minimum atomic E-state index is -1.54. The van der Waals surface area contributed by atoms with Crippen LogP contribution >= 0.6 is 23.1 Å². The number of ether oxygens (including phenoxy) is 3. The molecular formula is C28H30N2O8S2. The highest BCUT2D eigenvalue weighted by molar-refractivity contribution is 7.98. The van der Waals surface area contributed by atoms with Crippen LogP contribution < -0.4 is 10.2 Å². The minimum absolute atomic E-state index is 0.0117. The molecule has 0 radical (unpaired) electrons. The Kier molecular flexibility index (Phi) is 7.53. The molecule has 1 N–H and O–H groups in total. The molecule has 2 aromatic rings. The highest BCUT2D eigenvalue weighted by Gasteiger charge is 2.69. The monoisotopic (exact) mass is 586 g/mol. The van der Waals surface area contributed by atoms with Crippen LogP contribution in [0.1, 0.15) is 28.5 Å². The number of rotatable bonds is 8. The van der Waals surface area contributed by atoms with Crippen molar-refractivity contribution in [1.82, 2.24) is 5.32 Å². The molecule has 5 rings (SSSR count). The third kappa shape index (κ3) is 4.07. The molecule has 2 aliphatic heterocycles. The van der Waals surface area contributed by atoms with Gasteiger partial charge in [-0.25, -0.2) is 4.90 Å². The van der Waals surface area contributed by atoms with Crippen molar-refractivity contribution in [2.45, 2.75) is 30.8 Å². The fourth-order valence-electron chi connectivity index (χ4n) is 6.50. The van der Waals surface area contributed by atoms with Crippen molar-refractivity contribution in [3.8, 4) is 0 Å². The largest absolute Gasteiger partial charge is 0.468 e. The van der Waals surface area contributed by atoms with Gasteiger partial charge in [-0.2, -0.15) is 11.8 Å². The Morgan fingerprint density at radius 1 is 1.00 bits per heavy atom. The maximum absolute atomic E-state index is 14.2. The molecular weight excluding hydrogens is 556 g/mol. The maximum Gasteiger partial charge on any atom is 0.326 e. The number of carbonyl (C=O) groups excluding carboxylic acids is 5. The molecule has 10 nitrogen and oxygen atoms in total. The summed E-state index contributed by atoms with van der Waals surface area (Å²) in [5.74, 6) is -4.10. The molecule has 1 aromatic carbocycles. The summed E-state index contributed by atoms with van der Waals surface area (Å²) in [7, 11) is 3.71. The zero-order valence-corrected chi connectivity index (χ0v) is 24.2. The van der Waals surface area contributed by atoms with Crippen molar-refractivity contribution >= 4 is 58.5 Å². The maximum atomic E-state index is 14.2. The van der Waals surface area contributed by atoms with Gasteiger partial charge in [-0.1, -0.05) is 12.1 Å². The van der Waals surface area contributed by atoms with Gasteiger partial charge in [0.25, 0.3) is 0 Å². The molecule has 40 heavy (non-hydrogen) atoms. The van der Waals surface area contributed by atoms with Crippen molar-refractivity contribution in [3.05, 3.63) is 51.7 Å². The van der Waals surface area contributed by atoms with Crippen molar-refractivity contribution in [2.75, 3.05) is 38.2 Å². The molecule has 2 amide bonds. The van der Waals surface area contributed by atoms with E-state index in [-0.39, 0.29) is 12.8 Å². The van der Waals surface area contributed by atoms with E-state index in [0.717, 1.165) is 15.3 Å². The normalized spacial score (nSPS) is 26.4. The number of anilines is 1. The van der Waals surface area contributed by atoms with Crippen LogP contribution in [0.2, 0.25) is 0 Å². The molecule has 2 saturated heterocycles. The van der Waals surface area contributed by atoms with Gasteiger partial charge in [0.2, 0.25) is 11.8 Å². The van der Waals surface area contributed by atoms with E-state index in [4.69, 9.17) is 14.2 Å². The highest BCUT2D eigenvalue weighted by atomic mass is 32.2. The number of hydrogen-bond acceptors (Lipinski definition) is 11. The molecule has 0 unspecified atom stereocenters. The molecule has 212 valence electrons. The Bertz CT molecular complexity index is 1360. The van der Waals surface area contributed by atoms with Crippen LogP contribution in [0.25, 0.3) is 0 Å². The number of fused-ring (bicyclic) bond motifs is 2. The number of amides is 2. The smallest absolute Gasteiger partial charge is 0.326 e. The number of hydrogen-bond donors (Lipinski definition) is 1. The van der Waals surface area contributed by atoms with Crippen LogP contribution in [-0.2, 0) is 51.0 Å². The Morgan fingerprint density at radius 3 is 2.27 bits per heavy atom. The summed E-state index contributed by atoms with van der Waals surface area (Å²) in [4.78, 5) is 68.9. The Labute approximate surface area is 239 Å². The predicted molar refractivity (Wildman–Crippen MR) is 148 cm³/mol. The van der Waals surface area contributed by atoms with E-state index < -0.39 is 58.6 Å². The number of benzene rings is 1. The van der Waals surface area contributed by atoms with Gasteiger partial charge in [0, 0.05) is 4.88 Å². The van der Waals surface area contributed by atoms with E-state index >= 15 is 0 Å². The van der Waals surface area contributed by atoms with Crippen LogP contribution in [0, 0.1) is 17.3 Å². The molecule has 1 aromatic heterocycles. The van der Waals surface area contributed by atoms with Crippen LogP contribution in [0.4, 0.5) is 5.69 Å². The van der Waals surface area contributed by atoms with Crippen molar-refractivity contribution in [1.29, 1.82) is 0 Å². The number of carbonyl (C=O) groups is 5. The average Bonchev–Trinajstić information content (AvgIpc) is 3.74. The van der Waals surface area contributed by atoms with E-state index in [9.17, 15) is 24.0 Å². The summed E-state index contributed by atoms with van der Waals surface area (Å²) in [6, 6.07) is 8.21. The SMILES string of the molecule is COC(=O)C1(C(=O)OC)Cc2ccc(N3C(=O)[C@H]4[C@@H](C3=O)[C@@](CCSC)(C(=O)OC)N[C@H]4c3cccs3)cc2C1. The van der Waals surface area contributed by atoms with Crippen molar-refractivity contribution in [3.63, 3.8) is 0 Å². The highest BCUT2D eigenvalue weighted by Crippen LogP contribution is 2.52. The molecule has 0 saturated carbocycles. The topological polar surface area (TPSA) is 128 Å². The Hall–Kier alpha value is -3.22. The van der Waals surface area contributed by atoms with Gasteiger partial charge in [-0.3, -0.25) is 29.3 Å². The van der Waals surface area contributed by atoms with Gasteiger partial charge in [-0.15, -0.1) is 11.3 Å². The van der Waals surface area contributed by atoms with Gasteiger partial charge < -0.3 is 14.2 Å². The summed E-state index contributed by atoms with van der Waals surface area (Å²) in [6.07, 6.45) is 2.31. The third-order valence-corrected chi connectivity index (χ3v) is 9.91. The summed E-state index contributed by atoms with van der Waals surface area (Å²) in [5, 5.41) is 5.26. The zero-order valence-electron chi connectivity index (χ0n) is 22.6. The first-order chi connectivity index (χ1) is 19.2. The first kappa shape index (κ1) is 28.3. The number of esters is 3. The zero-order chi connectivity index (χ0) is 28.8. The number of imide groups is 1. The lowest BCUT2D eigenvalue weighted by molar-refractivity contribution is -0.168. The van der Waals surface area contributed by atoms with Crippen LogP contribution in [0.3, 0.4) is 0 Å². The Morgan fingerprint density at radius 2 is 1.68 bits per heavy atom. The van der Waals surface area contributed by atoms with E-state index in [1.54, 1.807) is 18.2 Å². The fourth-order valence-corrected chi connectivity index (χ4v) is 7.85. The number of methoxy groups -OCH3 is 3. The number of thiophene rings is 1. The quantitative estimate of drug-likeness (QED) is 0.213. The predicted octanol–water partition coefficient (Wildman–Crippen LogP) is 2.29. The first-order valence-electron chi connectivity index (χ1n) is 12.7. The lowest BCUT2D eigenvalue weighted by Gasteiger charge is -2.32. The summed E-state index contributed by atoms with van der Waals surface area (Å²) < 4.78 is 15.1. The standard InChI is InChI=1S/C28H30N2O8S2/c1-36-24(33)27(25(34)37-2)13-15-7-8-17(12-16(15)14-27)30-22(31)19-20(23(30)32)28(9-11-39-4,26(35)38-3)29-21(19)18-6-5-10-40-18/h5-8,10,12,19-21,29H,9,11,13-14H2,1-4H3/t19-,20-,21-,28-/m0/s1. The van der Waals surface area contributed by atoms with Gasteiger partial charge in [0.1, 0.15) is 5.54 Å². The minimum Gasteiger partial charge on any atom is -0.468 e. The molecule has 1 aliphatic carbocycles. The second-order valence-corrected chi connectivity index (χ2v) is 12.2. The van der Waals surface area contributed by atoms with Gasteiger partial charge in [0.15, 0.2) is 5.41 Å². The molecule has 0 spiro atoms. The van der Waals surface area contributed by atoms with E-state index in [0.29, 0.717) is 23.4 Å². The second-order valence-electron chi connectivity index (χ2n) is 10.2. The molecule has 4 atom stereocenters. The Balaban J connectivity index is 1.56. The first-order valence-corrected chi connectivity index (χ1v) is 15.0. The van der Waals surface area contributed by atoms with Crippen molar-refractivity contribution < 1.29 is 38.2 Å². The molecule has 12 heteroatoms. The molecule has 0 bridgehead atoms. The lowest BCUT2D eigenvalue weighted by atomic mass is 9.78. The van der Waals surface area contributed by atoms with Gasteiger partial charge in [-0.05, 0) is 66.0 Å². The van der Waals surface area contributed by atoms with Crippen LogP contribution in [0.15, 0.2) is 35.7 Å². The number of thioether (sulfide) groups is 1. The number of nitrogens with zero attached hydrogens (tertiary/aromatic N) is 1. The van der Waals surface area contributed by atoms with Gasteiger partial charge in [0.05, 0.1) is 44.9 Å². The van der Waals surface area contributed by atoms with Crippen molar-refractivity contribution in [2.24, 2.45) is 17.3 Å². The molecule has 3 aliphatic rings. The van der Waals surface area contributed by atoms with E-state index in [1.807, 2.05) is 23.8 Å². The molecule has 3 heterocycles. The third-order valence-electron chi connectivity index (χ3n) is 8.34. The molecule has 2 fully saturated rings. The van der Waals surface area contributed by atoms with Crippen LogP contribution in [0.5, 0.6) is 0 Å². The fraction of sp³-hybridized carbons (Fsp3) is 0.464. The summed E-state index contributed by atoms with van der Waals surface area (Å²) in [5.41, 5.74) is -1.23. The second kappa shape index (κ2) is 10.6.